The number of aliphatic carboxylic acids is 2. The number of nitrogens with one attached hydrogen (secondary N) is 1. The molecule has 18 heavy (non-hydrogen) atoms. The third kappa shape index (κ3) is 4.35. The first-order valence-electron chi connectivity index (χ1n) is 4.75. The number of carbonyl (C=O) groups is 2. The fourth-order valence-corrected chi connectivity index (χ4v) is 1.07. The summed E-state index contributed by atoms with van der Waals surface area (Å²) in [4.78, 5) is 19.1. The van der Waals surface area contributed by atoms with Crippen LogP contribution in [0.5, 0.6) is 5.75 Å². The minimum absolute atomic E-state index is 0.261. The highest BCUT2D eigenvalue weighted by atomic mass is 16.4. The molecule has 94 valence electrons. The molecule has 1 heterocycles. The van der Waals surface area contributed by atoms with Gasteiger partial charge in [0.2, 0.25) is 0 Å². The normalized spacial score (nSPS) is 10.0. The predicted octanol–water partition coefficient (Wildman–Crippen LogP) is 0.980. The zero-order valence-corrected chi connectivity index (χ0v) is 9.07. The van der Waals surface area contributed by atoms with Gasteiger partial charge in [0.15, 0.2) is 0 Å². The van der Waals surface area contributed by atoms with Crippen molar-refractivity contribution in [2.45, 2.75) is 0 Å². The van der Waals surface area contributed by atoms with Gasteiger partial charge in [0.1, 0.15) is 5.75 Å². The van der Waals surface area contributed by atoms with E-state index in [2.05, 4.69) is 10.2 Å². The summed E-state index contributed by atoms with van der Waals surface area (Å²) in [5, 5.41) is 32.2. The molecule has 2 rings (SSSR count). The maximum absolute atomic E-state index is 9.55. The molecule has 0 radical (unpaired) electrons. The van der Waals surface area contributed by atoms with Gasteiger partial charge < -0.3 is 15.3 Å². The Labute approximate surface area is 101 Å². The molecule has 0 unspecified atom stereocenters. The van der Waals surface area contributed by atoms with Gasteiger partial charge in [-0.15, -0.1) is 0 Å². The summed E-state index contributed by atoms with van der Waals surface area (Å²) in [5.41, 5.74) is 0.861. The van der Waals surface area contributed by atoms with E-state index in [4.69, 9.17) is 15.3 Å². The van der Waals surface area contributed by atoms with Crippen molar-refractivity contribution in [3.8, 4) is 5.75 Å². The number of nitrogens with zero attached hydrogens (tertiary/aromatic N) is 1. The second-order valence-corrected chi connectivity index (χ2v) is 3.15. The van der Waals surface area contributed by atoms with E-state index in [0.29, 0.717) is 12.2 Å². The van der Waals surface area contributed by atoms with Crippen molar-refractivity contribution < 1.29 is 24.9 Å². The van der Waals surface area contributed by atoms with Gasteiger partial charge in [0.25, 0.3) is 0 Å². The summed E-state index contributed by atoms with van der Waals surface area (Å²) in [6.07, 6.45) is 2.83. The summed E-state index contributed by atoms with van der Waals surface area (Å²) < 4.78 is 0. The number of benzene rings is 1. The van der Waals surface area contributed by atoms with E-state index in [0.717, 1.165) is 10.9 Å². The first-order valence-corrected chi connectivity index (χ1v) is 4.75. The molecule has 0 aliphatic carbocycles. The average Bonchev–Trinajstić information content (AvgIpc) is 2.74. The van der Waals surface area contributed by atoms with E-state index in [1.54, 1.807) is 18.3 Å². The third-order valence-electron chi connectivity index (χ3n) is 1.79. The number of fused-ring (bicyclic) bond motifs is 1. The van der Waals surface area contributed by atoms with Crippen LogP contribution in [0.1, 0.15) is 0 Å². The topological polar surface area (TPSA) is 124 Å². The van der Waals surface area contributed by atoms with Gasteiger partial charge in [-0.2, -0.15) is 5.10 Å². The number of rotatable bonds is 2. The lowest BCUT2D eigenvalue weighted by atomic mass is 10.2. The van der Waals surface area contributed by atoms with Crippen LogP contribution in [0.2, 0.25) is 0 Å². The smallest absolute Gasteiger partial charge is 0.328 e. The van der Waals surface area contributed by atoms with Gasteiger partial charge in [-0.05, 0) is 12.1 Å². The molecule has 0 aliphatic rings. The molecular formula is C11H10N2O5. The van der Waals surface area contributed by atoms with Crippen molar-refractivity contribution in [3.05, 3.63) is 36.5 Å². The Morgan fingerprint density at radius 1 is 1.17 bits per heavy atom. The molecular weight excluding hydrogens is 240 g/mol. The quantitative estimate of drug-likeness (QED) is 0.589. The minimum Gasteiger partial charge on any atom is -0.508 e. The van der Waals surface area contributed by atoms with Crippen LogP contribution < -0.4 is 0 Å². The maximum Gasteiger partial charge on any atom is 0.328 e. The van der Waals surface area contributed by atoms with Gasteiger partial charge >= 0.3 is 11.9 Å². The number of aromatic nitrogens is 2. The molecule has 1 aromatic carbocycles. The number of phenols is 1. The van der Waals surface area contributed by atoms with Crippen LogP contribution in [0, 0.1) is 0 Å². The molecule has 1 aromatic heterocycles. The molecule has 7 heteroatoms. The molecule has 0 atom stereocenters. The van der Waals surface area contributed by atoms with Gasteiger partial charge in [0, 0.05) is 23.6 Å². The first-order chi connectivity index (χ1) is 8.49. The first kappa shape index (κ1) is 13.2. The molecule has 0 saturated carbocycles. The summed E-state index contributed by atoms with van der Waals surface area (Å²) in [6.45, 7) is 0. The monoisotopic (exact) mass is 250 g/mol. The van der Waals surface area contributed by atoms with Crippen molar-refractivity contribution in [3.63, 3.8) is 0 Å². The molecule has 0 spiro atoms. The Balaban J connectivity index is 0.000000187. The second kappa shape index (κ2) is 6.04. The van der Waals surface area contributed by atoms with Crippen molar-refractivity contribution in [2.24, 2.45) is 0 Å². The Kier molecular flexibility index (Phi) is 4.44. The maximum atomic E-state index is 9.55. The molecule has 7 nitrogen and oxygen atoms in total. The van der Waals surface area contributed by atoms with Crippen molar-refractivity contribution >= 4 is 22.8 Å². The molecule has 2 aromatic rings. The molecule has 0 aliphatic heterocycles. The fourth-order valence-electron chi connectivity index (χ4n) is 1.07. The number of phenolic OH excluding ortho intramolecular Hbond substituents is 1. The van der Waals surface area contributed by atoms with Gasteiger partial charge in [-0.1, -0.05) is 0 Å². The van der Waals surface area contributed by atoms with Gasteiger partial charge in [-0.3, -0.25) is 5.10 Å². The fraction of sp³-hybridized carbons (Fsp3) is 0. The number of hydrogen-bond acceptors (Lipinski definition) is 4. The van der Waals surface area contributed by atoms with Crippen LogP contribution in [-0.4, -0.2) is 37.5 Å². The van der Waals surface area contributed by atoms with Crippen LogP contribution in [0.15, 0.2) is 36.5 Å². The number of aromatic amines is 1. The number of H-pyrrole nitrogens is 1. The van der Waals surface area contributed by atoms with E-state index < -0.39 is 11.9 Å². The zero-order chi connectivity index (χ0) is 13.5. The number of carboxylic acid groups (broad SMARTS) is 2. The highest BCUT2D eigenvalue weighted by Crippen LogP contribution is 2.16. The van der Waals surface area contributed by atoms with E-state index >= 15 is 0 Å². The standard InChI is InChI=1S/C7H6N2O.C4H4O4/c10-6-2-1-5-4-8-9-7(5)3-6;5-3(6)1-2-4(7)8/h1-4,10H,(H,8,9);1-2H,(H,5,6)(H,7,8)/b;2-1+. The highest BCUT2D eigenvalue weighted by molar-refractivity contribution is 5.89. The average molecular weight is 250 g/mol. The minimum atomic E-state index is -1.26. The largest absolute Gasteiger partial charge is 0.508 e. The Morgan fingerprint density at radius 2 is 1.78 bits per heavy atom. The summed E-state index contributed by atoms with van der Waals surface area (Å²) >= 11 is 0. The second-order valence-electron chi connectivity index (χ2n) is 3.15. The third-order valence-corrected chi connectivity index (χ3v) is 1.79. The lowest BCUT2D eigenvalue weighted by Gasteiger charge is -1.88. The molecule has 0 amide bonds. The summed E-state index contributed by atoms with van der Waals surface area (Å²) in [7, 11) is 0. The zero-order valence-electron chi connectivity index (χ0n) is 9.07. The number of aromatic hydroxyl groups is 1. The van der Waals surface area contributed by atoms with Crippen LogP contribution in [0.25, 0.3) is 10.9 Å². The number of hydrogen-bond donors (Lipinski definition) is 4. The molecule has 0 bridgehead atoms. The molecule has 4 N–H and O–H groups in total. The van der Waals surface area contributed by atoms with Crippen LogP contribution >= 0.6 is 0 Å². The van der Waals surface area contributed by atoms with Crippen LogP contribution in [0.3, 0.4) is 0 Å². The predicted molar refractivity (Wildman–Crippen MR) is 62.2 cm³/mol. The van der Waals surface area contributed by atoms with E-state index in [1.807, 2.05) is 6.07 Å². The van der Waals surface area contributed by atoms with Crippen molar-refractivity contribution in [1.29, 1.82) is 0 Å². The SMILES string of the molecule is O=C(O)/C=C/C(=O)O.Oc1ccc2cn[nH]c2c1. The number of carboxylic acids is 2. The summed E-state index contributed by atoms with van der Waals surface area (Å²) in [5.74, 6) is -2.25. The van der Waals surface area contributed by atoms with Gasteiger partial charge in [0.05, 0.1) is 11.7 Å². The van der Waals surface area contributed by atoms with Crippen molar-refractivity contribution in [2.75, 3.05) is 0 Å². The highest BCUT2D eigenvalue weighted by Gasteiger charge is 1.93. The summed E-state index contributed by atoms with van der Waals surface area (Å²) in [6, 6.07) is 5.09. The Morgan fingerprint density at radius 3 is 2.33 bits per heavy atom. The lowest BCUT2D eigenvalue weighted by molar-refractivity contribution is -0.134. The van der Waals surface area contributed by atoms with Crippen LogP contribution in [-0.2, 0) is 9.59 Å². The Hall–Kier alpha value is -2.83. The van der Waals surface area contributed by atoms with E-state index in [1.165, 1.54) is 0 Å². The lowest BCUT2D eigenvalue weighted by Crippen LogP contribution is -1.91. The van der Waals surface area contributed by atoms with Gasteiger partial charge in [-0.25, -0.2) is 9.59 Å². The van der Waals surface area contributed by atoms with Crippen molar-refractivity contribution in [1.82, 2.24) is 10.2 Å². The molecule has 0 fully saturated rings. The Bertz CT molecular complexity index is 572. The molecule has 0 saturated heterocycles. The van der Waals surface area contributed by atoms with E-state index in [-0.39, 0.29) is 5.75 Å². The van der Waals surface area contributed by atoms with E-state index in [9.17, 15) is 9.59 Å². The van der Waals surface area contributed by atoms with Crippen LogP contribution in [0.4, 0.5) is 0 Å².